The lowest BCUT2D eigenvalue weighted by Crippen LogP contribution is -2.40. The molecule has 2 aromatic carbocycles. The molecule has 0 unspecified atom stereocenters. The third kappa shape index (κ3) is 7.23. The molecule has 0 spiro atoms. The fraction of sp³-hybridized carbons (Fsp3) is 0.333. The number of carbonyl (C=O) groups is 2. The number of halogens is 2. The number of urea groups is 1. The summed E-state index contributed by atoms with van der Waals surface area (Å²) in [6, 6.07) is 10.5. The molecule has 9 heteroatoms. The van der Waals surface area contributed by atoms with Crippen LogP contribution in [0, 0.1) is 0 Å². The Bertz CT molecular complexity index is 898. The fourth-order valence-electron chi connectivity index (χ4n) is 2.53. The highest BCUT2D eigenvalue weighted by Gasteiger charge is 2.16. The van der Waals surface area contributed by atoms with Crippen LogP contribution in [-0.4, -0.2) is 31.2 Å². The molecule has 0 fully saturated rings. The molecule has 0 atom stereocenters. The van der Waals surface area contributed by atoms with E-state index in [4.69, 9.17) is 4.74 Å². The SMILES string of the molecule is COc1ccc(CNC(=O)Nc2cccc(C(=O)NC(C)(C)C)c2)cc1OC(F)F. The van der Waals surface area contributed by atoms with E-state index in [9.17, 15) is 18.4 Å². The van der Waals surface area contributed by atoms with E-state index in [2.05, 4.69) is 20.7 Å². The number of hydrogen-bond donors (Lipinski definition) is 3. The van der Waals surface area contributed by atoms with E-state index in [0.29, 0.717) is 16.8 Å². The quantitative estimate of drug-likeness (QED) is 0.627. The Balaban J connectivity index is 1.98. The average Bonchev–Trinajstić information content (AvgIpc) is 2.65. The van der Waals surface area contributed by atoms with Gasteiger partial charge in [-0.2, -0.15) is 8.78 Å². The van der Waals surface area contributed by atoms with E-state index < -0.39 is 12.6 Å². The van der Waals surface area contributed by atoms with Gasteiger partial charge >= 0.3 is 12.6 Å². The maximum absolute atomic E-state index is 12.5. The lowest BCUT2D eigenvalue weighted by Gasteiger charge is -2.20. The van der Waals surface area contributed by atoms with Gasteiger partial charge in [0.15, 0.2) is 11.5 Å². The van der Waals surface area contributed by atoms with E-state index in [1.807, 2.05) is 20.8 Å². The zero-order valence-corrected chi connectivity index (χ0v) is 17.2. The molecular weight excluding hydrogens is 396 g/mol. The van der Waals surface area contributed by atoms with Crippen LogP contribution in [-0.2, 0) is 6.54 Å². The molecule has 2 rings (SSSR count). The minimum Gasteiger partial charge on any atom is -0.493 e. The van der Waals surface area contributed by atoms with E-state index in [1.165, 1.54) is 19.2 Å². The van der Waals surface area contributed by atoms with Gasteiger partial charge in [0.05, 0.1) is 7.11 Å². The van der Waals surface area contributed by atoms with Crippen LogP contribution in [0.4, 0.5) is 19.3 Å². The molecule has 3 amide bonds. The zero-order chi connectivity index (χ0) is 22.3. The summed E-state index contributed by atoms with van der Waals surface area (Å²) < 4.78 is 34.4. The summed E-state index contributed by atoms with van der Waals surface area (Å²) in [5.74, 6) is -0.213. The molecule has 7 nitrogen and oxygen atoms in total. The van der Waals surface area contributed by atoms with Crippen molar-refractivity contribution in [3.63, 3.8) is 0 Å². The number of rotatable bonds is 7. The van der Waals surface area contributed by atoms with Gasteiger partial charge in [-0.3, -0.25) is 4.79 Å². The van der Waals surface area contributed by atoms with Gasteiger partial charge in [-0.15, -0.1) is 0 Å². The normalized spacial score (nSPS) is 11.0. The van der Waals surface area contributed by atoms with Crippen LogP contribution in [0.2, 0.25) is 0 Å². The van der Waals surface area contributed by atoms with E-state index in [-0.39, 0.29) is 29.5 Å². The molecule has 162 valence electrons. The first-order valence-corrected chi connectivity index (χ1v) is 9.16. The van der Waals surface area contributed by atoms with E-state index >= 15 is 0 Å². The minimum atomic E-state index is -2.99. The second-order valence-electron chi connectivity index (χ2n) is 7.46. The van der Waals surface area contributed by atoms with Gasteiger partial charge in [0.25, 0.3) is 5.91 Å². The third-order valence-electron chi connectivity index (χ3n) is 3.77. The van der Waals surface area contributed by atoms with Crippen LogP contribution in [0.5, 0.6) is 11.5 Å². The van der Waals surface area contributed by atoms with Gasteiger partial charge in [-0.1, -0.05) is 12.1 Å². The largest absolute Gasteiger partial charge is 0.493 e. The summed E-state index contributed by atoms with van der Waals surface area (Å²) in [6.07, 6.45) is 0. The van der Waals surface area contributed by atoms with Crippen molar-refractivity contribution in [3.05, 3.63) is 53.6 Å². The predicted octanol–water partition coefficient (Wildman–Crippen LogP) is 4.15. The van der Waals surface area contributed by atoms with E-state index in [0.717, 1.165) is 0 Å². The monoisotopic (exact) mass is 421 g/mol. The maximum Gasteiger partial charge on any atom is 0.387 e. The topological polar surface area (TPSA) is 88.7 Å². The number of anilines is 1. The smallest absolute Gasteiger partial charge is 0.387 e. The second kappa shape index (κ2) is 9.91. The summed E-state index contributed by atoms with van der Waals surface area (Å²) in [7, 11) is 1.34. The Hall–Kier alpha value is -3.36. The number of hydrogen-bond acceptors (Lipinski definition) is 4. The van der Waals surface area contributed by atoms with Crippen molar-refractivity contribution in [2.75, 3.05) is 12.4 Å². The molecule has 0 aliphatic carbocycles. The number of nitrogens with one attached hydrogen (secondary N) is 3. The first-order valence-electron chi connectivity index (χ1n) is 9.16. The summed E-state index contributed by atoms with van der Waals surface area (Å²) in [6.45, 7) is 2.69. The Kier molecular flexibility index (Phi) is 7.57. The van der Waals surface area contributed by atoms with Crippen LogP contribution in [0.25, 0.3) is 0 Å². The Morgan fingerprint density at radius 2 is 1.80 bits per heavy atom. The summed E-state index contributed by atoms with van der Waals surface area (Å²) in [5, 5.41) is 8.10. The number of amides is 3. The van der Waals surface area contributed by atoms with Crippen molar-refractivity contribution < 1.29 is 27.8 Å². The molecule has 0 aliphatic rings. The van der Waals surface area contributed by atoms with Crippen LogP contribution in [0.15, 0.2) is 42.5 Å². The van der Waals surface area contributed by atoms with Crippen LogP contribution < -0.4 is 25.4 Å². The summed E-state index contributed by atoms with van der Waals surface area (Å²) >= 11 is 0. The Labute approximate surface area is 173 Å². The molecule has 30 heavy (non-hydrogen) atoms. The van der Waals surface area contributed by atoms with Gasteiger partial charge in [-0.05, 0) is 56.7 Å². The van der Waals surface area contributed by atoms with E-state index in [1.54, 1.807) is 30.3 Å². The predicted molar refractivity (Wildman–Crippen MR) is 109 cm³/mol. The van der Waals surface area contributed by atoms with Crippen LogP contribution >= 0.6 is 0 Å². The Morgan fingerprint density at radius 1 is 1.07 bits per heavy atom. The first-order chi connectivity index (χ1) is 14.1. The lowest BCUT2D eigenvalue weighted by molar-refractivity contribution is -0.0512. The van der Waals surface area contributed by atoms with Crippen molar-refractivity contribution >= 4 is 17.6 Å². The molecule has 0 heterocycles. The van der Waals surface area contributed by atoms with Crippen LogP contribution in [0.3, 0.4) is 0 Å². The molecule has 0 aliphatic heterocycles. The minimum absolute atomic E-state index is 0.0691. The molecule has 0 radical (unpaired) electrons. The van der Waals surface area contributed by atoms with Crippen molar-refractivity contribution in [1.29, 1.82) is 0 Å². The highest BCUT2D eigenvalue weighted by atomic mass is 19.3. The zero-order valence-electron chi connectivity index (χ0n) is 17.2. The summed E-state index contributed by atoms with van der Waals surface area (Å²) in [4.78, 5) is 24.4. The molecule has 0 aromatic heterocycles. The van der Waals surface area contributed by atoms with Crippen molar-refractivity contribution in [2.24, 2.45) is 0 Å². The van der Waals surface area contributed by atoms with Crippen molar-refractivity contribution in [1.82, 2.24) is 10.6 Å². The number of alkyl halides is 2. The van der Waals surface area contributed by atoms with Gasteiger partial charge in [0.2, 0.25) is 0 Å². The standard InChI is InChI=1S/C21H25F2N3O4/c1-21(2,3)26-18(27)14-6-5-7-15(11-14)25-20(28)24-12-13-8-9-16(29-4)17(10-13)30-19(22)23/h5-11,19H,12H2,1-4H3,(H,26,27)(H2,24,25,28). The number of carbonyl (C=O) groups excluding carboxylic acids is 2. The number of ether oxygens (including phenoxy) is 2. The highest BCUT2D eigenvalue weighted by Crippen LogP contribution is 2.29. The Morgan fingerprint density at radius 3 is 2.43 bits per heavy atom. The first kappa shape index (κ1) is 22.9. The van der Waals surface area contributed by atoms with Gasteiger partial charge < -0.3 is 25.4 Å². The molecular formula is C21H25F2N3O4. The molecule has 0 saturated carbocycles. The highest BCUT2D eigenvalue weighted by molar-refractivity contribution is 5.97. The molecule has 0 bridgehead atoms. The van der Waals surface area contributed by atoms with Gasteiger partial charge in [0.1, 0.15) is 0 Å². The number of methoxy groups -OCH3 is 1. The molecule has 0 saturated heterocycles. The fourth-order valence-corrected chi connectivity index (χ4v) is 2.53. The maximum atomic E-state index is 12.5. The van der Waals surface area contributed by atoms with Gasteiger partial charge in [0, 0.05) is 23.3 Å². The number of benzene rings is 2. The lowest BCUT2D eigenvalue weighted by atomic mass is 10.1. The van der Waals surface area contributed by atoms with Crippen molar-refractivity contribution in [2.45, 2.75) is 39.5 Å². The average molecular weight is 421 g/mol. The third-order valence-corrected chi connectivity index (χ3v) is 3.77. The second-order valence-corrected chi connectivity index (χ2v) is 7.46. The molecule has 2 aromatic rings. The van der Waals surface area contributed by atoms with Gasteiger partial charge in [-0.25, -0.2) is 4.79 Å². The van der Waals surface area contributed by atoms with Crippen LogP contribution in [0.1, 0.15) is 36.7 Å². The summed E-state index contributed by atoms with van der Waals surface area (Å²) in [5.41, 5.74) is 1.00. The molecule has 3 N–H and O–H groups in total. The van der Waals surface area contributed by atoms with Crippen molar-refractivity contribution in [3.8, 4) is 11.5 Å².